The van der Waals surface area contributed by atoms with Crippen molar-refractivity contribution >= 4 is 29.1 Å². The second kappa shape index (κ2) is 18.7. The topological polar surface area (TPSA) is 58.6 Å². The average Bonchev–Trinajstić information content (AvgIpc) is 3.37. The fraction of sp³-hybridized carbons (Fsp3) is 0.543. The highest BCUT2D eigenvalue weighted by atomic mass is 32.2. The number of unbranched alkanes of at least 4 members (excludes halogenated alkanes) is 11. The summed E-state index contributed by atoms with van der Waals surface area (Å²) in [6.45, 7) is 7.42. The van der Waals surface area contributed by atoms with E-state index in [4.69, 9.17) is 4.74 Å². The highest BCUT2D eigenvalue weighted by Gasteiger charge is 2.13. The first kappa shape index (κ1) is 32.8. The van der Waals surface area contributed by atoms with Gasteiger partial charge in [0, 0.05) is 18.4 Å². The fourth-order valence-electron chi connectivity index (χ4n) is 5.14. The molecular weight excluding hydrogens is 528 g/mol. The van der Waals surface area contributed by atoms with Gasteiger partial charge in [-0.15, -0.1) is 11.8 Å². The summed E-state index contributed by atoms with van der Waals surface area (Å²) in [5.41, 5.74) is 3.33. The van der Waals surface area contributed by atoms with Crippen molar-refractivity contribution in [3.63, 3.8) is 0 Å². The molecule has 41 heavy (non-hydrogen) atoms. The van der Waals surface area contributed by atoms with Crippen molar-refractivity contribution in [3.8, 4) is 5.75 Å². The molecule has 0 fully saturated rings. The van der Waals surface area contributed by atoms with E-state index in [1.807, 2.05) is 36.0 Å². The van der Waals surface area contributed by atoms with Gasteiger partial charge in [0.25, 0.3) is 0 Å². The van der Waals surface area contributed by atoms with Gasteiger partial charge in [0.15, 0.2) is 5.78 Å². The Morgan fingerprint density at radius 3 is 2.05 bits per heavy atom. The first-order valence-electron chi connectivity index (χ1n) is 15.7. The van der Waals surface area contributed by atoms with Crippen molar-refractivity contribution < 1.29 is 14.3 Å². The third-order valence-corrected chi connectivity index (χ3v) is 8.51. The highest BCUT2D eigenvalue weighted by molar-refractivity contribution is 8.03. The SMILES string of the molecule is CCCCCCCCCCCCCCOc1ccc(CC(=O)Nc2ccc(CN3C=C(C)SC3)cc2)cc1C(C)=O. The van der Waals surface area contributed by atoms with Crippen LogP contribution in [0.3, 0.4) is 0 Å². The van der Waals surface area contributed by atoms with Gasteiger partial charge in [0.1, 0.15) is 5.75 Å². The molecule has 0 saturated carbocycles. The average molecular weight is 579 g/mol. The molecule has 6 heteroatoms. The van der Waals surface area contributed by atoms with Gasteiger partial charge >= 0.3 is 0 Å². The number of thioether (sulfide) groups is 1. The molecule has 0 aliphatic carbocycles. The minimum atomic E-state index is -0.105. The van der Waals surface area contributed by atoms with Crippen LogP contribution in [0, 0.1) is 0 Å². The maximum Gasteiger partial charge on any atom is 0.228 e. The molecule has 1 amide bonds. The minimum absolute atomic E-state index is 0.0472. The molecule has 3 rings (SSSR count). The van der Waals surface area contributed by atoms with Crippen LogP contribution >= 0.6 is 11.8 Å². The van der Waals surface area contributed by atoms with Gasteiger partial charge in [0.2, 0.25) is 5.91 Å². The molecule has 224 valence electrons. The predicted octanol–water partition coefficient (Wildman–Crippen LogP) is 9.52. The van der Waals surface area contributed by atoms with Crippen LogP contribution in [0.4, 0.5) is 5.69 Å². The number of allylic oxidation sites excluding steroid dienone is 1. The zero-order chi connectivity index (χ0) is 29.3. The van der Waals surface area contributed by atoms with Crippen molar-refractivity contribution in [1.82, 2.24) is 4.90 Å². The Morgan fingerprint density at radius 1 is 0.854 bits per heavy atom. The Bertz CT molecular complexity index is 1110. The number of nitrogens with zero attached hydrogens (tertiary/aromatic N) is 1. The van der Waals surface area contributed by atoms with E-state index in [0.717, 1.165) is 36.5 Å². The van der Waals surface area contributed by atoms with Crippen LogP contribution in [-0.4, -0.2) is 29.1 Å². The molecule has 1 aliphatic heterocycles. The van der Waals surface area contributed by atoms with E-state index in [0.29, 0.717) is 17.9 Å². The molecule has 2 aromatic carbocycles. The first-order valence-corrected chi connectivity index (χ1v) is 16.6. The maximum atomic E-state index is 12.7. The monoisotopic (exact) mass is 578 g/mol. The summed E-state index contributed by atoms with van der Waals surface area (Å²) >= 11 is 1.85. The van der Waals surface area contributed by atoms with Crippen LogP contribution in [0.1, 0.15) is 119 Å². The van der Waals surface area contributed by atoms with E-state index in [1.165, 1.54) is 74.7 Å². The second-order valence-corrected chi connectivity index (χ2v) is 12.5. The molecule has 0 atom stereocenters. The van der Waals surface area contributed by atoms with Gasteiger partial charge in [-0.25, -0.2) is 0 Å². The lowest BCUT2D eigenvalue weighted by atomic mass is 10.0. The van der Waals surface area contributed by atoms with Crippen LogP contribution in [0.5, 0.6) is 5.75 Å². The molecule has 1 heterocycles. The van der Waals surface area contributed by atoms with E-state index >= 15 is 0 Å². The van der Waals surface area contributed by atoms with Gasteiger partial charge in [-0.2, -0.15) is 0 Å². The lowest BCUT2D eigenvalue weighted by Crippen LogP contribution is -2.15. The number of ketones is 1. The standard InChI is InChI=1S/C35H50N2O3S/c1-4-5-6-7-8-9-10-11-12-13-14-15-22-40-34-21-18-31(23-33(34)29(3)38)24-35(39)36-32-19-16-30(17-20-32)26-37-25-28(2)41-27-37/h16-21,23,25H,4-15,22,24,26-27H2,1-3H3,(H,36,39). The number of Topliss-reactive ketones (excluding diaryl/α,β-unsaturated/α-hetero) is 1. The summed E-state index contributed by atoms with van der Waals surface area (Å²) < 4.78 is 5.98. The molecule has 2 aromatic rings. The number of rotatable bonds is 20. The first-order chi connectivity index (χ1) is 19.9. The molecule has 0 aromatic heterocycles. The van der Waals surface area contributed by atoms with Crippen LogP contribution in [-0.2, 0) is 17.8 Å². The Hall–Kier alpha value is -2.73. The van der Waals surface area contributed by atoms with E-state index in [9.17, 15) is 9.59 Å². The number of benzene rings is 2. The van der Waals surface area contributed by atoms with Crippen molar-refractivity contribution in [2.24, 2.45) is 0 Å². The summed E-state index contributed by atoms with van der Waals surface area (Å²) in [5.74, 6) is 1.44. The molecule has 1 N–H and O–H groups in total. The van der Waals surface area contributed by atoms with Crippen LogP contribution in [0.15, 0.2) is 53.6 Å². The lowest BCUT2D eigenvalue weighted by Gasteiger charge is -2.15. The zero-order valence-corrected chi connectivity index (χ0v) is 26.3. The van der Waals surface area contributed by atoms with Crippen LogP contribution in [0.25, 0.3) is 0 Å². The highest BCUT2D eigenvalue weighted by Crippen LogP contribution is 2.26. The number of amides is 1. The second-order valence-electron chi connectivity index (χ2n) is 11.3. The Labute approximate surface area is 252 Å². The fourth-order valence-corrected chi connectivity index (χ4v) is 5.90. The summed E-state index contributed by atoms with van der Waals surface area (Å²) in [4.78, 5) is 28.6. The summed E-state index contributed by atoms with van der Waals surface area (Å²) in [5, 5.41) is 2.98. The molecule has 1 aliphatic rings. The Morgan fingerprint density at radius 2 is 1.46 bits per heavy atom. The van der Waals surface area contributed by atoms with E-state index < -0.39 is 0 Å². The summed E-state index contributed by atoms with van der Waals surface area (Å²) in [7, 11) is 0. The normalized spacial score (nSPS) is 12.9. The van der Waals surface area contributed by atoms with Gasteiger partial charge < -0.3 is 15.0 Å². The molecule has 5 nitrogen and oxygen atoms in total. The number of anilines is 1. The summed E-state index contributed by atoms with van der Waals surface area (Å²) in [6.07, 6.45) is 18.0. The number of carbonyl (C=O) groups is 2. The van der Waals surface area contributed by atoms with Crippen molar-refractivity contribution in [2.45, 2.75) is 111 Å². The molecular formula is C35H50N2O3S. The molecule has 0 unspecified atom stereocenters. The Balaban J connectivity index is 1.34. The van der Waals surface area contributed by atoms with Crippen molar-refractivity contribution in [3.05, 3.63) is 70.3 Å². The van der Waals surface area contributed by atoms with E-state index in [2.05, 4.69) is 42.4 Å². The van der Waals surface area contributed by atoms with Crippen molar-refractivity contribution in [2.75, 3.05) is 17.8 Å². The molecule has 0 spiro atoms. The quantitative estimate of drug-likeness (QED) is 0.125. The van der Waals surface area contributed by atoms with Gasteiger partial charge in [-0.3, -0.25) is 9.59 Å². The predicted molar refractivity (Wildman–Crippen MR) is 174 cm³/mol. The van der Waals surface area contributed by atoms with Crippen LogP contribution < -0.4 is 10.1 Å². The molecule has 0 radical (unpaired) electrons. The molecule has 0 saturated heterocycles. The van der Waals surface area contributed by atoms with Crippen molar-refractivity contribution in [1.29, 1.82) is 0 Å². The number of carbonyl (C=O) groups excluding carboxylic acids is 2. The number of nitrogens with one attached hydrogen (secondary N) is 1. The zero-order valence-electron chi connectivity index (χ0n) is 25.5. The minimum Gasteiger partial charge on any atom is -0.493 e. The lowest BCUT2D eigenvalue weighted by molar-refractivity contribution is -0.115. The van der Waals surface area contributed by atoms with Gasteiger partial charge in [0.05, 0.1) is 24.5 Å². The molecule has 0 bridgehead atoms. The third-order valence-electron chi connectivity index (χ3n) is 7.49. The van der Waals surface area contributed by atoms with E-state index in [-0.39, 0.29) is 18.1 Å². The smallest absolute Gasteiger partial charge is 0.228 e. The largest absolute Gasteiger partial charge is 0.493 e. The Kier molecular flexibility index (Phi) is 14.9. The summed E-state index contributed by atoms with van der Waals surface area (Å²) in [6, 6.07) is 13.5. The maximum absolute atomic E-state index is 12.7. The number of hydrogen-bond donors (Lipinski definition) is 1. The number of hydrogen-bond acceptors (Lipinski definition) is 5. The van der Waals surface area contributed by atoms with Gasteiger partial charge in [-0.1, -0.05) is 95.8 Å². The van der Waals surface area contributed by atoms with Crippen LogP contribution in [0.2, 0.25) is 0 Å². The van der Waals surface area contributed by atoms with E-state index in [1.54, 1.807) is 13.0 Å². The third kappa shape index (κ3) is 12.8. The number of ether oxygens (including phenoxy) is 1. The van der Waals surface area contributed by atoms with Gasteiger partial charge in [-0.05, 0) is 60.6 Å².